The third-order valence-electron chi connectivity index (χ3n) is 5.20. The van der Waals surface area contributed by atoms with Gasteiger partial charge in [-0.15, -0.1) is 5.10 Å². The zero-order chi connectivity index (χ0) is 22.5. The second-order valence-corrected chi connectivity index (χ2v) is 10.6. The van der Waals surface area contributed by atoms with Crippen LogP contribution in [0.25, 0.3) is 16.0 Å². The minimum Gasteiger partial charge on any atom is -0.348 e. The van der Waals surface area contributed by atoms with Gasteiger partial charge in [-0.3, -0.25) is 4.79 Å². The smallest absolute Gasteiger partial charge is 0.348 e. The van der Waals surface area contributed by atoms with Crippen molar-refractivity contribution in [3.8, 4) is 0 Å². The number of sulfone groups is 1. The monoisotopic (exact) mass is 473 g/mol. The van der Waals surface area contributed by atoms with Crippen LogP contribution in [0.3, 0.4) is 0 Å². The molecule has 32 heavy (non-hydrogen) atoms. The molecule has 13 heteroatoms. The van der Waals surface area contributed by atoms with Crippen LogP contribution < -0.4 is 15.9 Å². The first-order valence-electron chi connectivity index (χ1n) is 9.89. The Hall–Kier alpha value is -3.32. The zero-order valence-corrected chi connectivity index (χ0v) is 18.7. The summed E-state index contributed by atoms with van der Waals surface area (Å²) in [5, 5.41) is 7.85. The fraction of sp³-hybridized carbons (Fsp3) is 0.316. The van der Waals surface area contributed by atoms with Gasteiger partial charge in [-0.1, -0.05) is 11.3 Å². The maximum absolute atomic E-state index is 12.7. The molecule has 3 aromatic heterocycles. The molecule has 1 saturated heterocycles. The largest absolute Gasteiger partial charge is 0.352 e. The van der Waals surface area contributed by atoms with Crippen LogP contribution >= 0.6 is 11.3 Å². The first-order chi connectivity index (χ1) is 15.3. The minimum atomic E-state index is -3.32. The van der Waals surface area contributed by atoms with Gasteiger partial charge in [0, 0.05) is 25.0 Å². The maximum atomic E-state index is 12.7. The summed E-state index contributed by atoms with van der Waals surface area (Å²) in [7, 11) is -3.32. The molecule has 0 unspecified atom stereocenters. The summed E-state index contributed by atoms with van der Waals surface area (Å²) < 4.78 is 26.2. The highest BCUT2D eigenvalue weighted by Crippen LogP contribution is 2.31. The number of amides is 1. The summed E-state index contributed by atoms with van der Waals surface area (Å²) in [5.41, 5.74) is 0.874. The third-order valence-corrected chi connectivity index (χ3v) is 7.43. The number of hydrogen-bond acceptors (Lipinski definition) is 9. The standard InChI is InChI=1S/C19H19N7O4S2/c1-32(29,30)13-6-4-12(5-7-13)21-14(27)10-26-19(28)25-11-20-16-15(17(25)23-26)31-18(22-16)24-8-2-3-9-24/h4-7,11H,2-3,8-10H2,1H3,(H,21,27). The van der Waals surface area contributed by atoms with Crippen molar-refractivity contribution in [2.75, 3.05) is 29.6 Å². The van der Waals surface area contributed by atoms with E-state index < -0.39 is 21.4 Å². The Balaban J connectivity index is 1.40. The van der Waals surface area contributed by atoms with Crippen molar-refractivity contribution in [1.29, 1.82) is 0 Å². The number of carbonyl (C=O) groups is 1. The molecule has 1 aromatic carbocycles. The highest BCUT2D eigenvalue weighted by Gasteiger charge is 2.20. The summed E-state index contributed by atoms with van der Waals surface area (Å²) in [5.74, 6) is -0.464. The van der Waals surface area contributed by atoms with E-state index in [-0.39, 0.29) is 11.4 Å². The maximum Gasteiger partial charge on any atom is 0.352 e. The molecule has 0 aliphatic carbocycles. The Labute approximate surface area is 186 Å². The van der Waals surface area contributed by atoms with Crippen LogP contribution in [0, 0.1) is 0 Å². The summed E-state index contributed by atoms with van der Waals surface area (Å²) >= 11 is 1.44. The van der Waals surface area contributed by atoms with Gasteiger partial charge < -0.3 is 10.2 Å². The van der Waals surface area contributed by atoms with Crippen LogP contribution in [0.5, 0.6) is 0 Å². The molecule has 1 amide bonds. The number of anilines is 2. The molecule has 1 aliphatic rings. The highest BCUT2D eigenvalue weighted by atomic mass is 32.2. The first-order valence-corrected chi connectivity index (χ1v) is 12.6. The lowest BCUT2D eigenvalue weighted by molar-refractivity contribution is -0.117. The molecule has 0 spiro atoms. The first kappa shape index (κ1) is 20.6. The molecule has 0 atom stereocenters. The van der Waals surface area contributed by atoms with Crippen molar-refractivity contribution in [2.45, 2.75) is 24.3 Å². The van der Waals surface area contributed by atoms with Crippen molar-refractivity contribution in [1.82, 2.24) is 24.1 Å². The van der Waals surface area contributed by atoms with Crippen molar-refractivity contribution in [3.05, 3.63) is 41.1 Å². The second kappa shape index (κ2) is 7.67. The SMILES string of the molecule is CS(=O)(=O)c1ccc(NC(=O)Cn2nc3c4sc(N5CCCC5)nc4ncn3c2=O)cc1. The van der Waals surface area contributed by atoms with Crippen LogP contribution in [0.1, 0.15) is 12.8 Å². The van der Waals surface area contributed by atoms with Gasteiger partial charge in [0.2, 0.25) is 5.91 Å². The molecule has 1 aliphatic heterocycles. The van der Waals surface area contributed by atoms with Gasteiger partial charge in [0.25, 0.3) is 0 Å². The van der Waals surface area contributed by atoms with Crippen LogP contribution in [-0.4, -0.2) is 57.8 Å². The lowest BCUT2D eigenvalue weighted by Gasteiger charge is -2.11. The van der Waals surface area contributed by atoms with Gasteiger partial charge >= 0.3 is 5.69 Å². The molecular formula is C19H19N7O4S2. The Morgan fingerprint density at radius 3 is 2.59 bits per heavy atom. The van der Waals surface area contributed by atoms with E-state index in [1.807, 2.05) is 0 Å². The van der Waals surface area contributed by atoms with Crippen LogP contribution in [0.15, 0.2) is 40.3 Å². The second-order valence-electron chi connectivity index (χ2n) is 7.57. The number of nitrogens with one attached hydrogen (secondary N) is 1. The van der Waals surface area contributed by atoms with E-state index in [1.54, 1.807) is 0 Å². The lowest BCUT2D eigenvalue weighted by atomic mass is 10.3. The Morgan fingerprint density at radius 1 is 1.19 bits per heavy atom. The third kappa shape index (κ3) is 3.73. The van der Waals surface area contributed by atoms with Crippen molar-refractivity contribution >= 4 is 53.9 Å². The molecular weight excluding hydrogens is 454 g/mol. The zero-order valence-electron chi connectivity index (χ0n) is 17.1. The fourth-order valence-electron chi connectivity index (χ4n) is 3.59. The molecule has 5 rings (SSSR count). The summed E-state index contributed by atoms with van der Waals surface area (Å²) in [6.45, 7) is 1.60. The molecule has 0 bridgehead atoms. The summed E-state index contributed by atoms with van der Waals surface area (Å²) in [6, 6.07) is 5.80. The number of rotatable bonds is 5. The van der Waals surface area contributed by atoms with Gasteiger partial charge in [-0.05, 0) is 37.1 Å². The normalized spacial score (nSPS) is 14.5. The number of aromatic nitrogens is 5. The molecule has 166 valence electrons. The topological polar surface area (TPSA) is 132 Å². The molecule has 4 aromatic rings. The van der Waals surface area contributed by atoms with E-state index in [0.717, 1.165) is 42.0 Å². The Bertz CT molecular complexity index is 1500. The fourth-order valence-corrected chi connectivity index (χ4v) is 5.27. The molecule has 1 N–H and O–H groups in total. The van der Waals surface area contributed by atoms with Gasteiger partial charge in [-0.2, -0.15) is 4.98 Å². The highest BCUT2D eigenvalue weighted by molar-refractivity contribution is 7.90. The number of nitrogens with zero attached hydrogens (tertiary/aromatic N) is 6. The molecule has 11 nitrogen and oxygen atoms in total. The van der Waals surface area contributed by atoms with E-state index >= 15 is 0 Å². The van der Waals surface area contributed by atoms with Gasteiger partial charge in [0.05, 0.1) is 4.90 Å². The average Bonchev–Trinajstić information content (AvgIpc) is 3.47. The summed E-state index contributed by atoms with van der Waals surface area (Å²) in [4.78, 5) is 36.4. The van der Waals surface area contributed by atoms with E-state index in [4.69, 9.17) is 0 Å². The van der Waals surface area contributed by atoms with E-state index in [0.29, 0.717) is 21.7 Å². The number of fused-ring (bicyclic) bond motifs is 3. The van der Waals surface area contributed by atoms with Crippen LogP contribution in [0.4, 0.5) is 10.8 Å². The Kier molecular flexibility index (Phi) is 4.93. The number of benzene rings is 1. The predicted molar refractivity (Wildman–Crippen MR) is 120 cm³/mol. The molecule has 1 fully saturated rings. The van der Waals surface area contributed by atoms with Gasteiger partial charge in [-0.25, -0.2) is 27.3 Å². The van der Waals surface area contributed by atoms with Crippen molar-refractivity contribution < 1.29 is 13.2 Å². The number of carbonyl (C=O) groups excluding carboxylic acids is 1. The van der Waals surface area contributed by atoms with Gasteiger partial charge in [0.15, 0.2) is 26.3 Å². The predicted octanol–water partition coefficient (Wildman–Crippen LogP) is 1.14. The number of hydrogen-bond donors (Lipinski definition) is 1. The lowest BCUT2D eigenvalue weighted by Crippen LogP contribution is -2.28. The molecule has 0 saturated carbocycles. The van der Waals surface area contributed by atoms with E-state index in [2.05, 4.69) is 25.3 Å². The molecule has 4 heterocycles. The van der Waals surface area contributed by atoms with Crippen molar-refractivity contribution in [3.63, 3.8) is 0 Å². The number of thiazole rings is 1. The minimum absolute atomic E-state index is 0.154. The quantitative estimate of drug-likeness (QED) is 0.457. The molecule has 0 radical (unpaired) electrons. The Morgan fingerprint density at radius 2 is 1.91 bits per heavy atom. The van der Waals surface area contributed by atoms with E-state index in [9.17, 15) is 18.0 Å². The average molecular weight is 474 g/mol. The summed E-state index contributed by atoms with van der Waals surface area (Å²) in [6.07, 6.45) is 4.73. The van der Waals surface area contributed by atoms with Crippen LogP contribution in [0.2, 0.25) is 0 Å². The van der Waals surface area contributed by atoms with Crippen LogP contribution in [-0.2, 0) is 21.2 Å². The van der Waals surface area contributed by atoms with Gasteiger partial charge in [0.1, 0.15) is 17.6 Å². The van der Waals surface area contributed by atoms with Crippen molar-refractivity contribution in [2.24, 2.45) is 0 Å². The van der Waals surface area contributed by atoms with E-state index in [1.165, 1.54) is 46.3 Å².